The van der Waals surface area contributed by atoms with E-state index in [1.165, 1.54) is 17.0 Å². The Morgan fingerprint density at radius 3 is 2.32 bits per heavy atom. The van der Waals surface area contributed by atoms with Crippen LogP contribution in [0.15, 0.2) is 94.1 Å². The van der Waals surface area contributed by atoms with Gasteiger partial charge in [-0.15, -0.1) is 0 Å². The molecule has 9 heteroatoms. The third kappa shape index (κ3) is 5.19. The minimum Gasteiger partial charge on any atom is -0.490 e. The molecule has 6 nitrogen and oxygen atoms in total. The lowest BCUT2D eigenvalue weighted by molar-refractivity contribution is -0.137. The molecule has 0 saturated carbocycles. The normalized spacial score (nSPS) is 14.6. The maximum atomic E-state index is 14.1. The predicted molar refractivity (Wildman–Crippen MR) is 160 cm³/mol. The molecule has 1 unspecified atom stereocenters. The van der Waals surface area contributed by atoms with E-state index in [1.807, 2.05) is 51.1 Å². The number of aryl methyl sites for hydroxylation is 2. The van der Waals surface area contributed by atoms with Crippen molar-refractivity contribution >= 4 is 22.6 Å². The second kappa shape index (κ2) is 11.2. The molecule has 5 aromatic rings. The van der Waals surface area contributed by atoms with Gasteiger partial charge in [-0.1, -0.05) is 42.5 Å². The number of nitrogens with zero attached hydrogens (tertiary/aromatic N) is 1. The Kier molecular flexibility index (Phi) is 7.41. The lowest BCUT2D eigenvalue weighted by atomic mass is 9.96. The van der Waals surface area contributed by atoms with Gasteiger partial charge in [0.2, 0.25) is 5.76 Å². The van der Waals surface area contributed by atoms with Crippen LogP contribution in [0.25, 0.3) is 11.0 Å². The molecule has 0 saturated heterocycles. The Balaban J connectivity index is 1.53. The average molecular weight is 600 g/mol. The van der Waals surface area contributed by atoms with Crippen LogP contribution < -0.4 is 19.8 Å². The fraction of sp³-hybridized carbons (Fsp3) is 0.200. The first-order valence-electron chi connectivity index (χ1n) is 14.1. The average Bonchev–Trinajstić information content (AvgIpc) is 3.30. The van der Waals surface area contributed by atoms with Crippen molar-refractivity contribution in [2.45, 2.75) is 39.6 Å². The van der Waals surface area contributed by atoms with Crippen LogP contribution in [0.5, 0.6) is 11.5 Å². The van der Waals surface area contributed by atoms with E-state index in [-0.39, 0.29) is 34.6 Å². The highest BCUT2D eigenvalue weighted by Gasteiger charge is 2.44. The van der Waals surface area contributed by atoms with Crippen LogP contribution in [0.3, 0.4) is 0 Å². The molecule has 0 bridgehead atoms. The Morgan fingerprint density at radius 1 is 0.841 bits per heavy atom. The zero-order valence-electron chi connectivity index (χ0n) is 24.2. The second-order valence-electron chi connectivity index (χ2n) is 10.6. The van der Waals surface area contributed by atoms with Crippen LogP contribution in [0.1, 0.15) is 56.9 Å². The van der Waals surface area contributed by atoms with Crippen LogP contribution in [-0.2, 0) is 12.8 Å². The number of fused-ring (bicyclic) bond motifs is 2. The van der Waals surface area contributed by atoms with E-state index in [0.717, 1.165) is 28.8 Å². The maximum Gasteiger partial charge on any atom is 0.416 e. The number of amides is 1. The fourth-order valence-corrected chi connectivity index (χ4v) is 5.46. The minimum atomic E-state index is -4.64. The minimum absolute atomic E-state index is 0.0283. The van der Waals surface area contributed by atoms with Gasteiger partial charge in [0.05, 0.1) is 29.2 Å². The van der Waals surface area contributed by atoms with Gasteiger partial charge in [0.25, 0.3) is 5.91 Å². The molecule has 0 aliphatic carbocycles. The van der Waals surface area contributed by atoms with Crippen molar-refractivity contribution in [2.75, 3.05) is 11.5 Å². The molecular weight excluding hydrogens is 571 g/mol. The molecule has 0 fully saturated rings. The fourth-order valence-electron chi connectivity index (χ4n) is 5.46. The van der Waals surface area contributed by atoms with Gasteiger partial charge in [0, 0.05) is 5.69 Å². The number of alkyl halides is 3. The van der Waals surface area contributed by atoms with E-state index < -0.39 is 29.1 Å². The van der Waals surface area contributed by atoms with Crippen molar-refractivity contribution in [3.63, 3.8) is 0 Å². The third-order valence-electron chi connectivity index (χ3n) is 7.76. The lowest BCUT2D eigenvalue weighted by Gasteiger charge is -2.26. The summed E-state index contributed by atoms with van der Waals surface area (Å²) < 4.78 is 59.2. The van der Waals surface area contributed by atoms with E-state index in [9.17, 15) is 22.8 Å². The van der Waals surface area contributed by atoms with Gasteiger partial charge in [0.15, 0.2) is 16.9 Å². The van der Waals surface area contributed by atoms with E-state index in [4.69, 9.17) is 13.9 Å². The van der Waals surface area contributed by atoms with Crippen molar-refractivity contribution in [1.29, 1.82) is 0 Å². The summed E-state index contributed by atoms with van der Waals surface area (Å²) in [4.78, 5) is 29.2. The number of halogens is 3. The highest BCUT2D eigenvalue weighted by molar-refractivity contribution is 6.10. The monoisotopic (exact) mass is 599 g/mol. The summed E-state index contributed by atoms with van der Waals surface area (Å²) >= 11 is 0. The van der Waals surface area contributed by atoms with Gasteiger partial charge < -0.3 is 13.9 Å². The zero-order valence-corrected chi connectivity index (χ0v) is 24.2. The van der Waals surface area contributed by atoms with E-state index in [2.05, 4.69) is 0 Å². The van der Waals surface area contributed by atoms with E-state index >= 15 is 0 Å². The first-order valence-corrected chi connectivity index (χ1v) is 14.1. The standard InChI is InChI=1S/C35H28F3NO5/c1-4-42-29-17-23(13-14-27(29)43-19-22-9-6-5-7-10-22)31-30-32(40)26-15-20(2)21(3)16-28(26)44-33(30)34(41)39(31)25-12-8-11-24(18-25)35(36,37)38/h5-18,31H,4,19H2,1-3H3. The topological polar surface area (TPSA) is 69.0 Å². The van der Waals surface area contributed by atoms with Gasteiger partial charge in [-0.3, -0.25) is 14.5 Å². The molecule has 1 aliphatic rings. The number of hydrogen-bond donors (Lipinski definition) is 0. The number of benzene rings is 4. The zero-order chi connectivity index (χ0) is 31.2. The highest BCUT2D eigenvalue weighted by Crippen LogP contribution is 2.44. The number of anilines is 1. The SMILES string of the molecule is CCOc1cc(C2c3c(oc4cc(C)c(C)cc4c3=O)C(=O)N2c2cccc(C(F)(F)F)c2)ccc1OCc1ccccc1. The first kappa shape index (κ1) is 29.0. The number of hydrogen-bond acceptors (Lipinski definition) is 5. The summed E-state index contributed by atoms with van der Waals surface area (Å²) in [7, 11) is 0. The van der Waals surface area contributed by atoms with Crippen LogP contribution in [-0.4, -0.2) is 12.5 Å². The predicted octanol–water partition coefficient (Wildman–Crippen LogP) is 8.16. The number of carbonyl (C=O) groups excluding carboxylic acids is 1. The first-order chi connectivity index (χ1) is 21.1. The van der Waals surface area contributed by atoms with Crippen molar-refractivity contribution in [1.82, 2.24) is 0 Å². The summed E-state index contributed by atoms with van der Waals surface area (Å²) in [6.07, 6.45) is -4.64. The third-order valence-corrected chi connectivity index (χ3v) is 7.76. The van der Waals surface area contributed by atoms with Crippen molar-refractivity contribution in [3.05, 3.63) is 134 Å². The van der Waals surface area contributed by atoms with Crippen LogP contribution in [0, 0.1) is 13.8 Å². The summed E-state index contributed by atoms with van der Waals surface area (Å²) in [6.45, 7) is 6.10. The van der Waals surface area contributed by atoms with Crippen LogP contribution in [0.2, 0.25) is 0 Å². The molecule has 1 aromatic heterocycles. The molecule has 2 heterocycles. The van der Waals surface area contributed by atoms with E-state index in [1.54, 1.807) is 30.3 Å². The molecule has 0 spiro atoms. The van der Waals surface area contributed by atoms with Gasteiger partial charge in [-0.25, -0.2) is 0 Å². The number of rotatable bonds is 7. The Labute approximate surface area is 251 Å². The Hall–Kier alpha value is -5.05. The Bertz CT molecular complexity index is 1950. The molecule has 1 aliphatic heterocycles. The Morgan fingerprint density at radius 2 is 1.59 bits per heavy atom. The van der Waals surface area contributed by atoms with Gasteiger partial charge in [-0.2, -0.15) is 13.2 Å². The van der Waals surface area contributed by atoms with Crippen LogP contribution >= 0.6 is 0 Å². The second-order valence-corrected chi connectivity index (χ2v) is 10.6. The largest absolute Gasteiger partial charge is 0.490 e. The molecule has 0 radical (unpaired) electrons. The smallest absolute Gasteiger partial charge is 0.416 e. The maximum absolute atomic E-state index is 14.1. The van der Waals surface area contributed by atoms with Crippen LogP contribution in [0.4, 0.5) is 18.9 Å². The molecule has 1 amide bonds. The molecular formula is C35H28F3NO5. The molecule has 6 rings (SSSR count). The summed E-state index contributed by atoms with van der Waals surface area (Å²) in [6, 6.07) is 21.3. The van der Waals surface area contributed by atoms with Gasteiger partial charge >= 0.3 is 6.18 Å². The van der Waals surface area contributed by atoms with Crippen molar-refractivity contribution < 1.29 is 31.9 Å². The molecule has 0 N–H and O–H groups in total. The van der Waals surface area contributed by atoms with Gasteiger partial charge in [-0.05, 0) is 85.5 Å². The van der Waals surface area contributed by atoms with E-state index in [0.29, 0.717) is 23.7 Å². The quantitative estimate of drug-likeness (QED) is 0.189. The number of carbonyl (C=O) groups is 1. The number of ether oxygens (including phenoxy) is 2. The van der Waals surface area contributed by atoms with Gasteiger partial charge in [0.1, 0.15) is 12.2 Å². The summed E-state index contributed by atoms with van der Waals surface area (Å²) in [5.41, 5.74) is 2.01. The highest BCUT2D eigenvalue weighted by atomic mass is 19.4. The molecule has 224 valence electrons. The molecule has 1 atom stereocenters. The van der Waals surface area contributed by atoms with Crippen molar-refractivity contribution in [3.8, 4) is 11.5 Å². The molecule has 44 heavy (non-hydrogen) atoms. The lowest BCUT2D eigenvalue weighted by Crippen LogP contribution is -2.29. The summed E-state index contributed by atoms with van der Waals surface area (Å²) in [5.74, 6) is -0.131. The summed E-state index contributed by atoms with van der Waals surface area (Å²) in [5, 5.41) is 0.281. The molecule has 4 aromatic carbocycles. The van der Waals surface area contributed by atoms with Crippen molar-refractivity contribution in [2.24, 2.45) is 0 Å².